The quantitative estimate of drug-likeness (QED) is 0.686. The number of benzene rings is 2. The number of carbonyl (C=O) groups is 1. The number of carbonyl (C=O) groups excluding carboxylic acids is 1. The van der Waals surface area contributed by atoms with Crippen LogP contribution in [0.15, 0.2) is 47.3 Å². The maximum absolute atomic E-state index is 12.9. The molecule has 0 unspecified atom stereocenters. The van der Waals surface area contributed by atoms with Gasteiger partial charge in [0, 0.05) is 32.1 Å². The van der Waals surface area contributed by atoms with Gasteiger partial charge < -0.3 is 9.64 Å². The molecule has 0 radical (unpaired) electrons. The van der Waals surface area contributed by atoms with E-state index in [4.69, 9.17) is 4.74 Å². The van der Waals surface area contributed by atoms with E-state index in [1.54, 1.807) is 34.7 Å². The molecule has 1 amide bonds. The van der Waals surface area contributed by atoms with Crippen molar-refractivity contribution in [2.45, 2.75) is 32.9 Å². The monoisotopic (exact) mass is 377 g/mol. The molecule has 0 aliphatic carbocycles. The van der Waals surface area contributed by atoms with Gasteiger partial charge >= 0.3 is 0 Å². The lowest BCUT2D eigenvalue weighted by atomic mass is 10.1. The zero-order chi connectivity index (χ0) is 19.7. The zero-order valence-corrected chi connectivity index (χ0v) is 16.1. The van der Waals surface area contributed by atoms with Crippen molar-refractivity contribution in [3.8, 4) is 5.75 Å². The van der Waals surface area contributed by atoms with Crippen molar-refractivity contribution >= 4 is 16.8 Å². The highest BCUT2D eigenvalue weighted by Crippen LogP contribution is 2.18. The molecule has 144 valence electrons. The molecule has 2 aromatic carbocycles. The van der Waals surface area contributed by atoms with Gasteiger partial charge in [-0.25, -0.2) is 4.98 Å². The molecule has 3 aromatic rings. The standard InChI is InChI=1S/C22H23N3O3/c1-3-28-17-9-6-15(7-10-17)14-24(2)21(26)16-8-11-18-19(13-16)23-20-5-4-12-25(20)22(18)27/h6-11,13H,3-5,12,14H2,1-2H3. The molecular weight excluding hydrogens is 354 g/mol. The molecular formula is C22H23N3O3. The largest absolute Gasteiger partial charge is 0.494 e. The number of hydrogen-bond donors (Lipinski definition) is 0. The number of ether oxygens (including phenoxy) is 1. The van der Waals surface area contributed by atoms with Crippen molar-refractivity contribution in [3.05, 3.63) is 69.8 Å². The summed E-state index contributed by atoms with van der Waals surface area (Å²) in [6.07, 6.45) is 1.75. The van der Waals surface area contributed by atoms with Gasteiger partial charge in [0.25, 0.3) is 11.5 Å². The molecule has 1 aliphatic heterocycles. The van der Waals surface area contributed by atoms with Gasteiger partial charge in [-0.1, -0.05) is 12.1 Å². The fourth-order valence-corrected chi connectivity index (χ4v) is 3.64. The van der Waals surface area contributed by atoms with E-state index in [0.29, 0.717) is 29.6 Å². The Labute approximate surface area is 163 Å². The molecule has 4 rings (SSSR count). The summed E-state index contributed by atoms with van der Waals surface area (Å²) >= 11 is 0. The summed E-state index contributed by atoms with van der Waals surface area (Å²) < 4.78 is 7.19. The Hall–Kier alpha value is -3.15. The predicted octanol–water partition coefficient (Wildman–Crippen LogP) is 3.01. The molecule has 28 heavy (non-hydrogen) atoms. The van der Waals surface area contributed by atoms with Crippen molar-refractivity contribution in [1.82, 2.24) is 14.5 Å². The van der Waals surface area contributed by atoms with Crippen molar-refractivity contribution in [2.24, 2.45) is 0 Å². The highest BCUT2D eigenvalue weighted by Gasteiger charge is 2.18. The first-order valence-electron chi connectivity index (χ1n) is 9.57. The Kier molecular flexibility index (Phi) is 4.86. The minimum Gasteiger partial charge on any atom is -0.494 e. The van der Waals surface area contributed by atoms with Crippen LogP contribution in [-0.4, -0.2) is 34.0 Å². The number of aromatic nitrogens is 2. The topological polar surface area (TPSA) is 64.4 Å². The van der Waals surface area contributed by atoms with Crippen molar-refractivity contribution in [3.63, 3.8) is 0 Å². The maximum atomic E-state index is 12.9. The Morgan fingerprint density at radius 3 is 2.75 bits per heavy atom. The minimum absolute atomic E-state index is 0.0146. The van der Waals surface area contributed by atoms with Gasteiger partial charge in [0.2, 0.25) is 0 Å². The van der Waals surface area contributed by atoms with E-state index < -0.39 is 0 Å². The summed E-state index contributed by atoms with van der Waals surface area (Å²) in [5, 5.41) is 0.566. The molecule has 0 spiro atoms. The SMILES string of the molecule is CCOc1ccc(CN(C)C(=O)c2ccc3c(=O)n4c(nc3c2)CCC4)cc1. The lowest BCUT2D eigenvalue weighted by Crippen LogP contribution is -2.26. The maximum Gasteiger partial charge on any atom is 0.261 e. The van der Waals surface area contributed by atoms with Crippen LogP contribution < -0.4 is 10.3 Å². The second kappa shape index (κ2) is 7.46. The Bertz CT molecular complexity index is 1090. The lowest BCUT2D eigenvalue weighted by molar-refractivity contribution is 0.0785. The van der Waals surface area contributed by atoms with Crippen LogP contribution in [0.4, 0.5) is 0 Å². The van der Waals surface area contributed by atoms with Crippen molar-refractivity contribution in [1.29, 1.82) is 0 Å². The number of fused-ring (bicyclic) bond motifs is 2. The van der Waals surface area contributed by atoms with E-state index in [0.717, 1.165) is 36.5 Å². The van der Waals surface area contributed by atoms with Gasteiger partial charge in [-0.2, -0.15) is 0 Å². The molecule has 0 saturated heterocycles. The third kappa shape index (κ3) is 3.38. The summed E-state index contributed by atoms with van der Waals surface area (Å²) in [5.41, 5.74) is 2.14. The molecule has 1 aromatic heterocycles. The molecule has 0 N–H and O–H groups in total. The average Bonchev–Trinajstić information content (AvgIpc) is 3.17. The number of amides is 1. The summed E-state index contributed by atoms with van der Waals surface area (Å²) in [4.78, 5) is 31.7. The fraction of sp³-hybridized carbons (Fsp3) is 0.318. The number of nitrogens with zero attached hydrogens (tertiary/aromatic N) is 3. The zero-order valence-electron chi connectivity index (χ0n) is 16.1. The number of rotatable bonds is 5. The first-order chi connectivity index (χ1) is 13.6. The normalized spacial score (nSPS) is 12.8. The van der Waals surface area contributed by atoms with Crippen LogP contribution in [0, 0.1) is 0 Å². The third-order valence-corrected chi connectivity index (χ3v) is 5.06. The third-order valence-electron chi connectivity index (χ3n) is 5.06. The lowest BCUT2D eigenvalue weighted by Gasteiger charge is -2.18. The van der Waals surface area contributed by atoms with Crippen LogP contribution >= 0.6 is 0 Å². The number of aryl methyl sites for hydroxylation is 1. The summed E-state index contributed by atoms with van der Waals surface area (Å²) in [7, 11) is 1.77. The van der Waals surface area contributed by atoms with Gasteiger partial charge in [-0.05, 0) is 49.2 Å². The predicted molar refractivity (Wildman–Crippen MR) is 108 cm³/mol. The molecule has 0 fully saturated rings. The van der Waals surface area contributed by atoms with Gasteiger partial charge in [-0.15, -0.1) is 0 Å². The highest BCUT2D eigenvalue weighted by molar-refractivity contribution is 5.97. The molecule has 1 aliphatic rings. The van der Waals surface area contributed by atoms with E-state index in [1.165, 1.54) is 0 Å². The van der Waals surface area contributed by atoms with Crippen molar-refractivity contribution in [2.75, 3.05) is 13.7 Å². The van der Waals surface area contributed by atoms with Crippen LogP contribution in [0.5, 0.6) is 5.75 Å². The minimum atomic E-state index is -0.0989. The Morgan fingerprint density at radius 1 is 1.21 bits per heavy atom. The van der Waals surface area contributed by atoms with Crippen LogP contribution in [0.3, 0.4) is 0 Å². The van der Waals surface area contributed by atoms with Gasteiger partial charge in [0.05, 0.1) is 17.5 Å². The van der Waals surface area contributed by atoms with Crippen LogP contribution in [0.25, 0.3) is 10.9 Å². The van der Waals surface area contributed by atoms with E-state index in [-0.39, 0.29) is 11.5 Å². The highest BCUT2D eigenvalue weighted by atomic mass is 16.5. The molecule has 0 atom stereocenters. The average molecular weight is 377 g/mol. The van der Waals surface area contributed by atoms with Crippen molar-refractivity contribution < 1.29 is 9.53 Å². The molecule has 2 heterocycles. The van der Waals surface area contributed by atoms with E-state index >= 15 is 0 Å². The summed E-state index contributed by atoms with van der Waals surface area (Å²) in [6.45, 7) is 3.79. The van der Waals surface area contributed by atoms with Gasteiger partial charge in [-0.3, -0.25) is 14.2 Å². The number of hydrogen-bond acceptors (Lipinski definition) is 4. The summed E-state index contributed by atoms with van der Waals surface area (Å²) in [6, 6.07) is 12.9. The second-order valence-corrected chi connectivity index (χ2v) is 7.06. The Balaban J connectivity index is 1.56. The first-order valence-corrected chi connectivity index (χ1v) is 9.57. The van der Waals surface area contributed by atoms with Crippen LogP contribution in [-0.2, 0) is 19.5 Å². The second-order valence-electron chi connectivity index (χ2n) is 7.06. The first kappa shape index (κ1) is 18.2. The molecule has 6 nitrogen and oxygen atoms in total. The van der Waals surface area contributed by atoms with E-state index in [1.807, 2.05) is 31.2 Å². The molecule has 0 bridgehead atoms. The van der Waals surface area contributed by atoms with Crippen LogP contribution in [0.2, 0.25) is 0 Å². The van der Waals surface area contributed by atoms with Crippen LogP contribution in [0.1, 0.15) is 35.1 Å². The van der Waals surface area contributed by atoms with Gasteiger partial charge in [0.15, 0.2) is 0 Å². The van der Waals surface area contributed by atoms with E-state index in [9.17, 15) is 9.59 Å². The van der Waals surface area contributed by atoms with Gasteiger partial charge in [0.1, 0.15) is 11.6 Å². The molecule has 0 saturated carbocycles. The van der Waals surface area contributed by atoms with E-state index in [2.05, 4.69) is 4.98 Å². The Morgan fingerprint density at radius 2 is 2.00 bits per heavy atom. The smallest absolute Gasteiger partial charge is 0.261 e. The summed E-state index contributed by atoms with van der Waals surface area (Å²) in [5.74, 6) is 1.53. The fourth-order valence-electron chi connectivity index (χ4n) is 3.64. The molecule has 6 heteroatoms.